The molecule has 0 aromatic carbocycles. The third kappa shape index (κ3) is 3.37. The zero-order chi connectivity index (χ0) is 13.0. The Balaban J connectivity index is 2.65. The smallest absolute Gasteiger partial charge is 0.239 e. The molecule has 1 aromatic heterocycles. The van der Waals surface area contributed by atoms with Crippen molar-refractivity contribution in [2.75, 3.05) is 17.6 Å². The van der Waals surface area contributed by atoms with Gasteiger partial charge in [0.2, 0.25) is 5.91 Å². The minimum absolute atomic E-state index is 0.0547. The molecule has 0 spiro atoms. The van der Waals surface area contributed by atoms with E-state index in [1.807, 2.05) is 27.7 Å². The highest BCUT2D eigenvalue weighted by molar-refractivity contribution is 5.82. The molecule has 1 rings (SSSR count). The summed E-state index contributed by atoms with van der Waals surface area (Å²) in [6.07, 6.45) is 0. The SMILES string of the molecule is CCn1nc(C)c(N)c1NCC(=O)NC(C)C. The number of carbonyl (C=O) groups is 1. The molecule has 0 unspecified atom stereocenters. The second-order valence-electron chi connectivity index (χ2n) is 4.24. The van der Waals surface area contributed by atoms with Gasteiger partial charge in [-0.2, -0.15) is 5.10 Å². The molecule has 96 valence electrons. The fourth-order valence-corrected chi connectivity index (χ4v) is 1.55. The maximum absolute atomic E-state index is 11.5. The van der Waals surface area contributed by atoms with Crippen LogP contribution >= 0.6 is 0 Å². The number of aryl methyl sites for hydroxylation is 2. The third-order valence-electron chi connectivity index (χ3n) is 2.34. The Labute approximate surface area is 102 Å². The number of rotatable bonds is 5. The van der Waals surface area contributed by atoms with Crippen LogP contribution in [0.2, 0.25) is 0 Å². The molecule has 0 aliphatic heterocycles. The Bertz CT molecular complexity index is 397. The molecule has 17 heavy (non-hydrogen) atoms. The van der Waals surface area contributed by atoms with Crippen molar-refractivity contribution in [3.05, 3.63) is 5.69 Å². The molecule has 0 saturated heterocycles. The van der Waals surface area contributed by atoms with Gasteiger partial charge in [0.05, 0.1) is 17.9 Å². The summed E-state index contributed by atoms with van der Waals surface area (Å²) < 4.78 is 1.76. The van der Waals surface area contributed by atoms with Crippen LogP contribution in [0.5, 0.6) is 0 Å². The molecule has 0 radical (unpaired) electrons. The first-order valence-electron chi connectivity index (χ1n) is 5.81. The number of amides is 1. The molecule has 0 atom stereocenters. The van der Waals surface area contributed by atoms with Gasteiger partial charge in [-0.15, -0.1) is 0 Å². The highest BCUT2D eigenvalue weighted by atomic mass is 16.1. The lowest BCUT2D eigenvalue weighted by Crippen LogP contribution is -2.35. The van der Waals surface area contributed by atoms with Crippen molar-refractivity contribution >= 4 is 17.4 Å². The van der Waals surface area contributed by atoms with Gasteiger partial charge in [-0.05, 0) is 27.7 Å². The van der Waals surface area contributed by atoms with Crippen LogP contribution in [0, 0.1) is 6.92 Å². The first-order valence-corrected chi connectivity index (χ1v) is 5.81. The third-order valence-corrected chi connectivity index (χ3v) is 2.34. The van der Waals surface area contributed by atoms with Crippen LogP contribution in [0.15, 0.2) is 0 Å². The van der Waals surface area contributed by atoms with E-state index in [0.717, 1.165) is 5.69 Å². The predicted octanol–water partition coefficient (Wildman–Crippen LogP) is 0.730. The molecule has 0 saturated carbocycles. The number of nitrogen functional groups attached to an aromatic ring is 1. The highest BCUT2D eigenvalue weighted by Crippen LogP contribution is 2.21. The molecular formula is C11H21N5O. The van der Waals surface area contributed by atoms with Crippen molar-refractivity contribution in [3.63, 3.8) is 0 Å². The van der Waals surface area contributed by atoms with E-state index in [0.29, 0.717) is 18.1 Å². The minimum Gasteiger partial charge on any atom is -0.394 e. The van der Waals surface area contributed by atoms with Crippen molar-refractivity contribution in [2.24, 2.45) is 0 Å². The molecule has 0 fully saturated rings. The van der Waals surface area contributed by atoms with Crippen molar-refractivity contribution in [1.82, 2.24) is 15.1 Å². The number of hydrogen-bond acceptors (Lipinski definition) is 4. The molecule has 1 aromatic rings. The molecule has 1 amide bonds. The molecule has 0 aliphatic carbocycles. The van der Waals surface area contributed by atoms with Crippen LogP contribution in [0.25, 0.3) is 0 Å². The van der Waals surface area contributed by atoms with Crippen LogP contribution in [-0.4, -0.2) is 28.3 Å². The summed E-state index contributed by atoms with van der Waals surface area (Å²) in [5.74, 6) is 0.657. The first-order chi connectivity index (χ1) is 7.95. The summed E-state index contributed by atoms with van der Waals surface area (Å²) in [5.41, 5.74) is 7.27. The average molecular weight is 239 g/mol. The Morgan fingerprint density at radius 2 is 2.18 bits per heavy atom. The van der Waals surface area contributed by atoms with E-state index < -0.39 is 0 Å². The van der Waals surface area contributed by atoms with Gasteiger partial charge >= 0.3 is 0 Å². The highest BCUT2D eigenvalue weighted by Gasteiger charge is 2.12. The summed E-state index contributed by atoms with van der Waals surface area (Å²) in [5, 5.41) is 10.1. The minimum atomic E-state index is -0.0547. The number of aromatic nitrogens is 2. The van der Waals surface area contributed by atoms with Gasteiger partial charge in [0, 0.05) is 12.6 Å². The molecular weight excluding hydrogens is 218 g/mol. The quantitative estimate of drug-likeness (QED) is 0.707. The maximum atomic E-state index is 11.5. The molecule has 6 heteroatoms. The van der Waals surface area contributed by atoms with E-state index in [4.69, 9.17) is 5.73 Å². The van der Waals surface area contributed by atoms with Gasteiger partial charge < -0.3 is 16.4 Å². The van der Waals surface area contributed by atoms with Gasteiger partial charge in [-0.3, -0.25) is 4.79 Å². The summed E-state index contributed by atoms with van der Waals surface area (Å²) >= 11 is 0. The van der Waals surface area contributed by atoms with E-state index >= 15 is 0 Å². The van der Waals surface area contributed by atoms with Gasteiger partial charge in [0.1, 0.15) is 5.82 Å². The van der Waals surface area contributed by atoms with E-state index in [2.05, 4.69) is 15.7 Å². The van der Waals surface area contributed by atoms with Crippen LogP contribution in [-0.2, 0) is 11.3 Å². The van der Waals surface area contributed by atoms with Gasteiger partial charge in [-0.1, -0.05) is 0 Å². The molecule has 0 aliphatic rings. The van der Waals surface area contributed by atoms with E-state index in [9.17, 15) is 4.79 Å². The fourth-order valence-electron chi connectivity index (χ4n) is 1.55. The summed E-state index contributed by atoms with van der Waals surface area (Å²) in [6.45, 7) is 8.59. The van der Waals surface area contributed by atoms with Gasteiger partial charge in [-0.25, -0.2) is 4.68 Å². The first kappa shape index (κ1) is 13.3. The van der Waals surface area contributed by atoms with Crippen molar-refractivity contribution in [2.45, 2.75) is 40.3 Å². The Morgan fingerprint density at radius 1 is 1.53 bits per heavy atom. The number of nitrogens with two attached hydrogens (primary N) is 1. The largest absolute Gasteiger partial charge is 0.394 e. The maximum Gasteiger partial charge on any atom is 0.239 e. The monoisotopic (exact) mass is 239 g/mol. The second-order valence-corrected chi connectivity index (χ2v) is 4.24. The predicted molar refractivity (Wildman–Crippen MR) is 68.8 cm³/mol. The summed E-state index contributed by atoms with van der Waals surface area (Å²) in [4.78, 5) is 11.5. The zero-order valence-corrected chi connectivity index (χ0v) is 10.9. The van der Waals surface area contributed by atoms with Crippen molar-refractivity contribution in [3.8, 4) is 0 Å². The lowest BCUT2D eigenvalue weighted by Gasteiger charge is -2.11. The van der Waals surface area contributed by atoms with Gasteiger partial charge in [0.25, 0.3) is 0 Å². The Kier molecular flexibility index (Phi) is 4.37. The second kappa shape index (κ2) is 5.56. The molecule has 0 bridgehead atoms. The topological polar surface area (TPSA) is 85.0 Å². The van der Waals surface area contributed by atoms with E-state index in [1.54, 1.807) is 4.68 Å². The van der Waals surface area contributed by atoms with Crippen LogP contribution < -0.4 is 16.4 Å². The van der Waals surface area contributed by atoms with Crippen molar-refractivity contribution < 1.29 is 4.79 Å². The standard InChI is InChI=1S/C11H21N5O/c1-5-16-11(10(12)8(4)15-16)13-6-9(17)14-7(2)3/h7,13H,5-6,12H2,1-4H3,(H,14,17). The number of carbonyl (C=O) groups excluding carboxylic acids is 1. The fraction of sp³-hybridized carbons (Fsp3) is 0.636. The molecule has 4 N–H and O–H groups in total. The average Bonchev–Trinajstić information content (AvgIpc) is 2.51. The Morgan fingerprint density at radius 3 is 2.71 bits per heavy atom. The number of nitrogens with zero attached hydrogens (tertiary/aromatic N) is 2. The van der Waals surface area contributed by atoms with Gasteiger partial charge in [0.15, 0.2) is 0 Å². The molecule has 6 nitrogen and oxygen atoms in total. The van der Waals surface area contributed by atoms with E-state index in [1.165, 1.54) is 0 Å². The van der Waals surface area contributed by atoms with Crippen LogP contribution in [0.1, 0.15) is 26.5 Å². The van der Waals surface area contributed by atoms with Crippen LogP contribution in [0.4, 0.5) is 11.5 Å². The van der Waals surface area contributed by atoms with Crippen LogP contribution in [0.3, 0.4) is 0 Å². The van der Waals surface area contributed by atoms with Crippen molar-refractivity contribution in [1.29, 1.82) is 0 Å². The summed E-state index contributed by atoms with van der Waals surface area (Å²) in [7, 11) is 0. The summed E-state index contributed by atoms with van der Waals surface area (Å²) in [6, 6.07) is 0.138. The number of anilines is 2. The van der Waals surface area contributed by atoms with E-state index in [-0.39, 0.29) is 18.5 Å². The Hall–Kier alpha value is -1.72. The lowest BCUT2D eigenvalue weighted by molar-refractivity contribution is -0.119. The molecule has 1 heterocycles. The lowest BCUT2D eigenvalue weighted by atomic mass is 10.3. The number of hydrogen-bond donors (Lipinski definition) is 3. The number of nitrogens with one attached hydrogen (secondary N) is 2. The zero-order valence-electron chi connectivity index (χ0n) is 10.9. The normalized spacial score (nSPS) is 10.6.